The van der Waals surface area contributed by atoms with Gasteiger partial charge in [0.2, 0.25) is 0 Å². The van der Waals surface area contributed by atoms with Gasteiger partial charge in [-0.2, -0.15) is 0 Å². The van der Waals surface area contributed by atoms with Crippen molar-refractivity contribution in [2.75, 3.05) is 17.2 Å². The summed E-state index contributed by atoms with van der Waals surface area (Å²) in [6, 6.07) is 18.6. The Bertz CT molecular complexity index is 987. The van der Waals surface area contributed by atoms with E-state index in [1.54, 1.807) is 37.3 Å². The number of carbonyl (C=O) groups is 2. The van der Waals surface area contributed by atoms with Gasteiger partial charge in [0.05, 0.1) is 0 Å². The highest BCUT2D eigenvalue weighted by Gasteiger charge is 2.12. The number of aromatic nitrogens is 2. The Morgan fingerprint density at radius 2 is 1.75 bits per heavy atom. The average Bonchev–Trinajstić information content (AvgIpc) is 2.68. The van der Waals surface area contributed by atoms with Gasteiger partial charge in [-0.3, -0.25) is 9.59 Å². The van der Waals surface area contributed by atoms with Crippen molar-refractivity contribution in [3.63, 3.8) is 0 Å². The summed E-state index contributed by atoms with van der Waals surface area (Å²) in [5.74, 6) is 0.703. The molecule has 2 N–H and O–H groups in total. The van der Waals surface area contributed by atoms with E-state index in [9.17, 15) is 9.59 Å². The molecule has 0 fully saturated rings. The second-order valence-corrected chi connectivity index (χ2v) is 6.44. The van der Waals surface area contributed by atoms with Gasteiger partial charge in [-0.1, -0.05) is 42.5 Å². The largest absolute Gasteiger partial charge is 0.370 e. The molecule has 0 aliphatic rings. The molecule has 142 valence electrons. The molecule has 1 amide bonds. The van der Waals surface area contributed by atoms with Crippen LogP contribution in [0, 0.1) is 6.92 Å². The Labute approximate surface area is 164 Å². The lowest BCUT2D eigenvalue weighted by Gasteiger charge is -2.10. The number of hydrogen-bond acceptors (Lipinski definition) is 5. The van der Waals surface area contributed by atoms with Gasteiger partial charge in [0.15, 0.2) is 5.78 Å². The molecule has 6 nitrogen and oxygen atoms in total. The summed E-state index contributed by atoms with van der Waals surface area (Å²) in [6.45, 7) is 3.93. The first-order valence-corrected chi connectivity index (χ1v) is 9.07. The molecular weight excluding hydrogens is 352 g/mol. The molecule has 0 saturated heterocycles. The minimum absolute atomic E-state index is 0.0566. The van der Waals surface area contributed by atoms with Gasteiger partial charge in [0.25, 0.3) is 5.91 Å². The van der Waals surface area contributed by atoms with Gasteiger partial charge in [0, 0.05) is 23.9 Å². The number of amides is 1. The molecule has 0 aliphatic heterocycles. The zero-order valence-electron chi connectivity index (χ0n) is 15.9. The fraction of sp³-hybridized carbons (Fsp3) is 0.182. The number of benzene rings is 2. The van der Waals surface area contributed by atoms with Crippen LogP contribution >= 0.6 is 0 Å². The van der Waals surface area contributed by atoms with Gasteiger partial charge in [-0.05, 0) is 38.0 Å². The van der Waals surface area contributed by atoms with Crippen LogP contribution in [0.2, 0.25) is 0 Å². The summed E-state index contributed by atoms with van der Waals surface area (Å²) < 4.78 is 0. The quantitative estimate of drug-likeness (QED) is 0.613. The van der Waals surface area contributed by atoms with Crippen LogP contribution < -0.4 is 10.6 Å². The van der Waals surface area contributed by atoms with E-state index in [0.29, 0.717) is 29.4 Å². The monoisotopic (exact) mass is 374 g/mol. The lowest BCUT2D eigenvalue weighted by Crippen LogP contribution is -2.16. The van der Waals surface area contributed by atoms with E-state index in [2.05, 4.69) is 32.7 Å². The molecule has 0 bridgehead atoms. The molecule has 1 heterocycles. The van der Waals surface area contributed by atoms with Crippen molar-refractivity contribution in [2.24, 2.45) is 0 Å². The Morgan fingerprint density at radius 1 is 0.964 bits per heavy atom. The van der Waals surface area contributed by atoms with Gasteiger partial charge < -0.3 is 10.6 Å². The molecule has 1 aromatic heterocycles. The molecule has 0 radical (unpaired) electrons. The summed E-state index contributed by atoms with van der Waals surface area (Å²) >= 11 is 0. The summed E-state index contributed by atoms with van der Waals surface area (Å²) in [6.07, 6.45) is 0.850. The number of ketones is 1. The lowest BCUT2D eigenvalue weighted by molar-refractivity contribution is 0.100. The normalized spacial score (nSPS) is 10.4. The van der Waals surface area contributed by atoms with Crippen molar-refractivity contribution in [3.8, 4) is 0 Å². The first-order chi connectivity index (χ1) is 13.5. The molecule has 2 aromatic carbocycles. The van der Waals surface area contributed by atoms with Crippen molar-refractivity contribution >= 4 is 23.2 Å². The first-order valence-electron chi connectivity index (χ1n) is 9.07. The minimum Gasteiger partial charge on any atom is -0.370 e. The molecule has 28 heavy (non-hydrogen) atoms. The molecular formula is C22H22N4O2. The third-order valence-electron chi connectivity index (χ3n) is 4.16. The predicted molar refractivity (Wildman–Crippen MR) is 110 cm³/mol. The molecule has 0 aliphatic carbocycles. The fourth-order valence-corrected chi connectivity index (χ4v) is 2.77. The van der Waals surface area contributed by atoms with Crippen LogP contribution in [0.1, 0.15) is 39.2 Å². The highest BCUT2D eigenvalue weighted by molar-refractivity contribution is 6.04. The van der Waals surface area contributed by atoms with Crippen LogP contribution in [0.25, 0.3) is 0 Å². The Morgan fingerprint density at radius 3 is 2.50 bits per heavy atom. The van der Waals surface area contributed by atoms with E-state index in [0.717, 1.165) is 6.42 Å². The van der Waals surface area contributed by atoms with Crippen molar-refractivity contribution in [3.05, 3.63) is 83.3 Å². The van der Waals surface area contributed by atoms with Crippen molar-refractivity contribution in [1.82, 2.24) is 9.97 Å². The highest BCUT2D eigenvalue weighted by Crippen LogP contribution is 2.14. The second kappa shape index (κ2) is 8.90. The summed E-state index contributed by atoms with van der Waals surface area (Å²) in [5, 5.41) is 6.02. The maximum Gasteiger partial charge on any atom is 0.274 e. The second-order valence-electron chi connectivity index (χ2n) is 6.44. The average molecular weight is 374 g/mol. The van der Waals surface area contributed by atoms with Crippen LogP contribution in [0.15, 0.2) is 60.7 Å². The number of Topliss-reactive ketones (excluding diaryl/α,β-unsaturated/α-hetero) is 1. The fourth-order valence-electron chi connectivity index (χ4n) is 2.77. The minimum atomic E-state index is -0.350. The highest BCUT2D eigenvalue weighted by atomic mass is 16.2. The SMILES string of the molecule is CC(=O)c1cccc(NC(=O)c2cc(NCCc3ccccc3)nc(C)n2)c1. The standard InChI is InChI=1S/C22H22N4O2/c1-15(27)18-9-6-10-19(13-18)26-22(28)20-14-21(25-16(2)24-20)23-12-11-17-7-4-3-5-8-17/h3-10,13-14H,11-12H2,1-2H3,(H,26,28)(H,23,24,25). The summed E-state index contributed by atoms with van der Waals surface area (Å²) in [4.78, 5) is 32.7. The maximum atomic E-state index is 12.6. The van der Waals surface area contributed by atoms with Crippen LogP contribution in [0.3, 0.4) is 0 Å². The number of aryl methyl sites for hydroxylation is 1. The van der Waals surface area contributed by atoms with E-state index in [4.69, 9.17) is 0 Å². The molecule has 6 heteroatoms. The summed E-state index contributed by atoms with van der Waals surface area (Å²) in [7, 11) is 0. The number of rotatable bonds is 7. The Kier molecular flexibility index (Phi) is 6.11. The predicted octanol–water partition coefficient (Wildman–Crippen LogP) is 3.89. The van der Waals surface area contributed by atoms with Gasteiger partial charge in [-0.25, -0.2) is 9.97 Å². The lowest BCUT2D eigenvalue weighted by atomic mass is 10.1. The molecule has 0 atom stereocenters. The van der Waals surface area contributed by atoms with Crippen LogP contribution in [0.5, 0.6) is 0 Å². The number of nitrogens with zero attached hydrogens (tertiary/aromatic N) is 2. The van der Waals surface area contributed by atoms with Crippen molar-refractivity contribution in [1.29, 1.82) is 0 Å². The zero-order valence-corrected chi connectivity index (χ0v) is 15.9. The van der Waals surface area contributed by atoms with Crippen molar-refractivity contribution < 1.29 is 9.59 Å². The third-order valence-corrected chi connectivity index (χ3v) is 4.16. The molecule has 0 saturated carbocycles. The molecule has 3 rings (SSSR count). The molecule has 3 aromatic rings. The topological polar surface area (TPSA) is 84.0 Å². The number of anilines is 2. The third kappa shape index (κ3) is 5.23. The van der Waals surface area contributed by atoms with E-state index in [1.165, 1.54) is 12.5 Å². The molecule has 0 unspecified atom stereocenters. The van der Waals surface area contributed by atoms with E-state index >= 15 is 0 Å². The van der Waals surface area contributed by atoms with E-state index < -0.39 is 0 Å². The number of carbonyl (C=O) groups excluding carboxylic acids is 2. The number of hydrogen-bond donors (Lipinski definition) is 2. The van der Waals surface area contributed by atoms with Gasteiger partial charge in [0.1, 0.15) is 17.3 Å². The Hall–Kier alpha value is -3.54. The summed E-state index contributed by atoms with van der Waals surface area (Å²) in [5.41, 5.74) is 2.58. The van der Waals surface area contributed by atoms with Crippen LogP contribution in [-0.2, 0) is 6.42 Å². The van der Waals surface area contributed by atoms with Gasteiger partial charge >= 0.3 is 0 Å². The van der Waals surface area contributed by atoms with Crippen LogP contribution in [-0.4, -0.2) is 28.2 Å². The van der Waals surface area contributed by atoms with Crippen molar-refractivity contribution in [2.45, 2.75) is 20.3 Å². The maximum absolute atomic E-state index is 12.6. The Balaban J connectivity index is 1.67. The zero-order chi connectivity index (χ0) is 19.9. The van der Waals surface area contributed by atoms with E-state index in [1.807, 2.05) is 18.2 Å². The first kappa shape index (κ1) is 19.2. The van der Waals surface area contributed by atoms with Crippen LogP contribution in [0.4, 0.5) is 11.5 Å². The number of nitrogens with one attached hydrogen (secondary N) is 2. The van der Waals surface area contributed by atoms with E-state index in [-0.39, 0.29) is 17.4 Å². The van der Waals surface area contributed by atoms with Gasteiger partial charge in [-0.15, -0.1) is 0 Å². The molecule has 0 spiro atoms. The smallest absolute Gasteiger partial charge is 0.274 e.